The molecule has 0 aliphatic heterocycles. The first-order valence-corrected chi connectivity index (χ1v) is 11.9. The molecule has 1 saturated carbocycles. The van der Waals surface area contributed by atoms with E-state index in [4.69, 9.17) is 11.6 Å². The standard InChI is InChI=1S/C27H25ClN4O2/c28-20-11-6-18(7-12-20)26(33)30-22-13-8-17(9-14-22)25-31-23-15-10-19(16-24(23)32-25)27(34)29-21-4-2-1-3-5-21/h6-16,21H,1-5H2,(H,29,34)(H,30,33)(H,31,32). The normalized spacial score (nSPS) is 14.1. The molecule has 0 unspecified atom stereocenters. The summed E-state index contributed by atoms with van der Waals surface area (Å²) in [6, 6.07) is 20.0. The van der Waals surface area contributed by atoms with Crippen molar-refractivity contribution in [3.8, 4) is 11.4 Å². The maximum atomic E-state index is 12.7. The van der Waals surface area contributed by atoms with Gasteiger partial charge in [-0.05, 0) is 79.6 Å². The van der Waals surface area contributed by atoms with E-state index in [-0.39, 0.29) is 17.9 Å². The van der Waals surface area contributed by atoms with Crippen LogP contribution in [0.15, 0.2) is 66.7 Å². The molecule has 0 saturated heterocycles. The molecule has 0 radical (unpaired) electrons. The van der Waals surface area contributed by atoms with Crippen LogP contribution >= 0.6 is 11.6 Å². The zero-order valence-electron chi connectivity index (χ0n) is 18.6. The van der Waals surface area contributed by atoms with Crippen molar-refractivity contribution in [2.24, 2.45) is 0 Å². The summed E-state index contributed by atoms with van der Waals surface area (Å²) in [5, 5.41) is 6.63. The first kappa shape index (κ1) is 22.2. The number of H-pyrrole nitrogens is 1. The van der Waals surface area contributed by atoms with E-state index in [1.807, 2.05) is 42.5 Å². The van der Waals surface area contributed by atoms with Gasteiger partial charge in [-0.25, -0.2) is 4.98 Å². The highest BCUT2D eigenvalue weighted by molar-refractivity contribution is 6.30. The van der Waals surface area contributed by atoms with Gasteiger partial charge >= 0.3 is 0 Å². The summed E-state index contributed by atoms with van der Waals surface area (Å²) in [4.78, 5) is 33.1. The number of anilines is 1. The van der Waals surface area contributed by atoms with Crippen molar-refractivity contribution in [3.05, 3.63) is 82.9 Å². The smallest absolute Gasteiger partial charge is 0.255 e. The first-order chi connectivity index (χ1) is 16.5. The third kappa shape index (κ3) is 4.97. The number of nitrogens with one attached hydrogen (secondary N) is 3. The highest BCUT2D eigenvalue weighted by atomic mass is 35.5. The zero-order chi connectivity index (χ0) is 23.5. The molecule has 0 bridgehead atoms. The van der Waals surface area contributed by atoms with E-state index >= 15 is 0 Å². The first-order valence-electron chi connectivity index (χ1n) is 11.5. The number of benzene rings is 3. The van der Waals surface area contributed by atoms with Gasteiger partial charge < -0.3 is 15.6 Å². The van der Waals surface area contributed by atoms with Crippen LogP contribution in [0.4, 0.5) is 5.69 Å². The molecule has 2 amide bonds. The van der Waals surface area contributed by atoms with Crippen molar-refractivity contribution in [2.45, 2.75) is 38.1 Å². The van der Waals surface area contributed by atoms with Gasteiger partial charge in [-0.2, -0.15) is 0 Å². The quantitative estimate of drug-likeness (QED) is 0.323. The van der Waals surface area contributed by atoms with Gasteiger partial charge in [-0.3, -0.25) is 9.59 Å². The Labute approximate surface area is 202 Å². The number of amides is 2. The van der Waals surface area contributed by atoms with Crippen LogP contribution in [0.1, 0.15) is 52.8 Å². The summed E-state index contributed by atoms with van der Waals surface area (Å²) < 4.78 is 0. The molecule has 5 rings (SSSR count). The largest absolute Gasteiger partial charge is 0.349 e. The molecule has 3 aromatic carbocycles. The number of carbonyl (C=O) groups is 2. The van der Waals surface area contributed by atoms with Crippen LogP contribution in [0, 0.1) is 0 Å². The summed E-state index contributed by atoms with van der Waals surface area (Å²) in [5.74, 6) is 0.466. The minimum absolute atomic E-state index is 0.0364. The Morgan fingerprint density at radius 1 is 0.853 bits per heavy atom. The number of fused-ring (bicyclic) bond motifs is 1. The Morgan fingerprint density at radius 2 is 1.56 bits per heavy atom. The lowest BCUT2D eigenvalue weighted by Crippen LogP contribution is -2.36. The molecule has 3 N–H and O–H groups in total. The number of rotatable bonds is 5. The number of imidazole rings is 1. The van der Waals surface area contributed by atoms with Crippen molar-refractivity contribution < 1.29 is 9.59 Å². The molecule has 1 aliphatic carbocycles. The van der Waals surface area contributed by atoms with E-state index in [9.17, 15) is 9.59 Å². The van der Waals surface area contributed by atoms with E-state index in [0.29, 0.717) is 27.7 Å². The van der Waals surface area contributed by atoms with E-state index in [1.165, 1.54) is 19.3 Å². The minimum atomic E-state index is -0.202. The van der Waals surface area contributed by atoms with Crippen molar-refractivity contribution in [1.29, 1.82) is 0 Å². The van der Waals surface area contributed by atoms with Gasteiger partial charge in [0, 0.05) is 33.4 Å². The fourth-order valence-corrected chi connectivity index (χ4v) is 4.45. The fourth-order valence-electron chi connectivity index (χ4n) is 4.32. The van der Waals surface area contributed by atoms with Gasteiger partial charge in [0.2, 0.25) is 0 Å². The van der Waals surface area contributed by atoms with Crippen molar-refractivity contribution >= 4 is 40.1 Å². The monoisotopic (exact) mass is 472 g/mol. The van der Waals surface area contributed by atoms with Crippen molar-refractivity contribution in [1.82, 2.24) is 15.3 Å². The number of aromatic nitrogens is 2. The summed E-state index contributed by atoms with van der Waals surface area (Å²) in [6.07, 6.45) is 5.72. The third-order valence-corrected chi connectivity index (χ3v) is 6.46. The molecule has 1 heterocycles. The van der Waals surface area contributed by atoms with Gasteiger partial charge in [-0.15, -0.1) is 0 Å². The van der Waals surface area contributed by atoms with Gasteiger partial charge in [-0.1, -0.05) is 30.9 Å². The molecule has 1 fully saturated rings. The summed E-state index contributed by atoms with van der Waals surface area (Å²) in [5.41, 5.74) is 4.34. The Balaban J connectivity index is 1.28. The lowest BCUT2D eigenvalue weighted by molar-refractivity contribution is 0.0927. The molecule has 1 aromatic heterocycles. The average molecular weight is 473 g/mol. The predicted octanol–water partition coefficient (Wildman–Crippen LogP) is 6.20. The molecule has 172 valence electrons. The van der Waals surface area contributed by atoms with E-state index < -0.39 is 0 Å². The van der Waals surface area contributed by atoms with Crippen LogP contribution in [-0.4, -0.2) is 27.8 Å². The minimum Gasteiger partial charge on any atom is -0.349 e. The maximum Gasteiger partial charge on any atom is 0.255 e. The predicted molar refractivity (Wildman–Crippen MR) is 135 cm³/mol. The summed E-state index contributed by atoms with van der Waals surface area (Å²) in [6.45, 7) is 0. The number of nitrogens with zero attached hydrogens (tertiary/aromatic N) is 1. The van der Waals surface area contributed by atoms with Crippen LogP contribution in [0.2, 0.25) is 5.02 Å². The Hall–Kier alpha value is -3.64. The second-order valence-electron chi connectivity index (χ2n) is 8.66. The topological polar surface area (TPSA) is 86.9 Å². The summed E-state index contributed by atoms with van der Waals surface area (Å²) >= 11 is 5.88. The zero-order valence-corrected chi connectivity index (χ0v) is 19.4. The van der Waals surface area contributed by atoms with E-state index in [0.717, 1.165) is 29.4 Å². The number of carbonyl (C=O) groups excluding carboxylic acids is 2. The van der Waals surface area contributed by atoms with Crippen LogP contribution < -0.4 is 10.6 Å². The number of halogens is 1. The molecular formula is C27H25ClN4O2. The van der Waals surface area contributed by atoms with Gasteiger partial charge in [0.15, 0.2) is 0 Å². The van der Waals surface area contributed by atoms with Gasteiger partial charge in [0.05, 0.1) is 11.0 Å². The SMILES string of the molecule is O=C(Nc1ccc(-c2nc3ccc(C(=O)NC4CCCCC4)cc3[nH]2)cc1)c1ccc(Cl)cc1. The molecule has 0 spiro atoms. The average Bonchev–Trinajstić information content (AvgIpc) is 3.29. The Kier molecular flexibility index (Phi) is 6.32. The molecule has 4 aromatic rings. The highest BCUT2D eigenvalue weighted by Gasteiger charge is 2.17. The number of aromatic amines is 1. The number of hydrogen-bond acceptors (Lipinski definition) is 3. The Bertz CT molecular complexity index is 1320. The lowest BCUT2D eigenvalue weighted by Gasteiger charge is -2.22. The second kappa shape index (κ2) is 9.69. The van der Waals surface area contributed by atoms with Gasteiger partial charge in [0.1, 0.15) is 5.82 Å². The summed E-state index contributed by atoms with van der Waals surface area (Å²) in [7, 11) is 0. The van der Waals surface area contributed by atoms with E-state index in [2.05, 4.69) is 20.6 Å². The molecule has 6 nitrogen and oxygen atoms in total. The van der Waals surface area contributed by atoms with E-state index in [1.54, 1.807) is 24.3 Å². The lowest BCUT2D eigenvalue weighted by atomic mass is 9.95. The van der Waals surface area contributed by atoms with Gasteiger partial charge in [0.25, 0.3) is 11.8 Å². The molecule has 0 atom stereocenters. The fraction of sp³-hybridized carbons (Fsp3) is 0.222. The Morgan fingerprint density at radius 3 is 2.29 bits per heavy atom. The number of hydrogen-bond donors (Lipinski definition) is 3. The van der Waals surface area contributed by atoms with Crippen LogP contribution in [-0.2, 0) is 0 Å². The third-order valence-electron chi connectivity index (χ3n) is 6.21. The van der Waals surface area contributed by atoms with Crippen LogP contribution in [0.3, 0.4) is 0 Å². The van der Waals surface area contributed by atoms with Crippen molar-refractivity contribution in [2.75, 3.05) is 5.32 Å². The highest BCUT2D eigenvalue weighted by Crippen LogP contribution is 2.24. The van der Waals surface area contributed by atoms with Crippen LogP contribution in [0.25, 0.3) is 22.4 Å². The van der Waals surface area contributed by atoms with Crippen molar-refractivity contribution in [3.63, 3.8) is 0 Å². The maximum absolute atomic E-state index is 12.7. The molecular weight excluding hydrogens is 448 g/mol. The second-order valence-corrected chi connectivity index (χ2v) is 9.10. The molecule has 1 aliphatic rings. The molecule has 34 heavy (non-hydrogen) atoms. The van der Waals surface area contributed by atoms with Crippen LogP contribution in [0.5, 0.6) is 0 Å². The molecule has 7 heteroatoms.